The van der Waals surface area contributed by atoms with Crippen LogP contribution in [0, 0.1) is 5.92 Å². The Morgan fingerprint density at radius 1 is 1.24 bits per heavy atom. The van der Waals surface area contributed by atoms with E-state index in [1.165, 1.54) is 0 Å². The lowest BCUT2D eigenvalue weighted by atomic mass is 9.97. The standard InChI is InChI=1S/C15H20N4O2/c20-14(11-4-6-16-7-5-11)18-12-2-1-3-13(10-12)19-9-8-17-15(19)21/h1-3,10-11,16H,4-9H2,(H,17,21)(H,18,20). The van der Waals surface area contributed by atoms with Gasteiger partial charge in [0, 0.05) is 30.4 Å². The molecule has 2 heterocycles. The minimum absolute atomic E-state index is 0.0690. The number of urea groups is 1. The Balaban J connectivity index is 1.68. The molecule has 6 nitrogen and oxygen atoms in total. The maximum Gasteiger partial charge on any atom is 0.321 e. The summed E-state index contributed by atoms with van der Waals surface area (Å²) >= 11 is 0. The Labute approximate surface area is 123 Å². The highest BCUT2D eigenvalue weighted by Gasteiger charge is 2.23. The summed E-state index contributed by atoms with van der Waals surface area (Å²) in [7, 11) is 0. The monoisotopic (exact) mass is 288 g/mol. The summed E-state index contributed by atoms with van der Waals surface area (Å²) in [6, 6.07) is 7.36. The minimum atomic E-state index is -0.0863. The van der Waals surface area contributed by atoms with E-state index in [0.717, 1.165) is 37.3 Å². The van der Waals surface area contributed by atoms with Crippen LogP contribution >= 0.6 is 0 Å². The molecule has 1 aromatic carbocycles. The summed E-state index contributed by atoms with van der Waals surface area (Å²) in [6.07, 6.45) is 1.75. The van der Waals surface area contributed by atoms with Crippen LogP contribution in [0.4, 0.5) is 16.2 Å². The highest BCUT2D eigenvalue weighted by atomic mass is 16.2. The van der Waals surface area contributed by atoms with Crippen molar-refractivity contribution in [2.45, 2.75) is 12.8 Å². The molecule has 3 N–H and O–H groups in total. The highest BCUT2D eigenvalue weighted by Crippen LogP contribution is 2.22. The SMILES string of the molecule is O=C(Nc1cccc(N2CCNC2=O)c1)C1CCNCC1. The zero-order chi connectivity index (χ0) is 14.7. The molecule has 0 aromatic heterocycles. The average molecular weight is 288 g/mol. The van der Waals surface area contributed by atoms with Crippen molar-refractivity contribution < 1.29 is 9.59 Å². The molecule has 112 valence electrons. The molecule has 0 unspecified atom stereocenters. The van der Waals surface area contributed by atoms with Crippen LogP contribution in [0.15, 0.2) is 24.3 Å². The van der Waals surface area contributed by atoms with Gasteiger partial charge in [-0.2, -0.15) is 0 Å². The maximum absolute atomic E-state index is 12.2. The number of carbonyl (C=O) groups excluding carboxylic acids is 2. The van der Waals surface area contributed by atoms with Crippen molar-refractivity contribution in [2.24, 2.45) is 5.92 Å². The van der Waals surface area contributed by atoms with E-state index in [0.29, 0.717) is 13.1 Å². The number of nitrogens with one attached hydrogen (secondary N) is 3. The summed E-state index contributed by atoms with van der Waals surface area (Å²) in [5.41, 5.74) is 1.56. The normalized spacial score (nSPS) is 19.4. The molecule has 6 heteroatoms. The van der Waals surface area contributed by atoms with Crippen molar-refractivity contribution >= 4 is 23.3 Å². The lowest BCUT2D eigenvalue weighted by Crippen LogP contribution is -2.34. The largest absolute Gasteiger partial charge is 0.336 e. The maximum atomic E-state index is 12.2. The van der Waals surface area contributed by atoms with Crippen LogP contribution in [0.1, 0.15) is 12.8 Å². The number of amides is 3. The summed E-state index contributed by atoms with van der Waals surface area (Å²) in [4.78, 5) is 25.6. The summed E-state index contributed by atoms with van der Waals surface area (Å²) in [6.45, 7) is 3.10. The van der Waals surface area contributed by atoms with Gasteiger partial charge in [-0.25, -0.2) is 4.79 Å². The predicted molar refractivity (Wildman–Crippen MR) is 81.4 cm³/mol. The van der Waals surface area contributed by atoms with Crippen molar-refractivity contribution in [3.8, 4) is 0 Å². The molecule has 0 radical (unpaired) electrons. The first-order valence-electron chi connectivity index (χ1n) is 7.41. The van der Waals surface area contributed by atoms with Gasteiger partial charge in [-0.15, -0.1) is 0 Å². The van der Waals surface area contributed by atoms with Crippen molar-refractivity contribution in [2.75, 3.05) is 36.4 Å². The first-order chi connectivity index (χ1) is 10.2. The Morgan fingerprint density at radius 3 is 2.76 bits per heavy atom. The van der Waals surface area contributed by atoms with Crippen LogP contribution < -0.4 is 20.9 Å². The number of anilines is 2. The van der Waals surface area contributed by atoms with Gasteiger partial charge in [0.15, 0.2) is 0 Å². The molecule has 0 saturated carbocycles. The van der Waals surface area contributed by atoms with E-state index >= 15 is 0 Å². The molecule has 0 spiro atoms. The lowest BCUT2D eigenvalue weighted by Gasteiger charge is -2.22. The summed E-state index contributed by atoms with van der Waals surface area (Å²) in [5, 5.41) is 8.99. The predicted octanol–water partition coefficient (Wildman–Crippen LogP) is 1.15. The second-order valence-corrected chi connectivity index (χ2v) is 5.45. The first-order valence-corrected chi connectivity index (χ1v) is 7.41. The van der Waals surface area contributed by atoms with Crippen LogP contribution in [0.5, 0.6) is 0 Å². The number of rotatable bonds is 3. The molecule has 3 amide bonds. The molecule has 21 heavy (non-hydrogen) atoms. The van der Waals surface area contributed by atoms with Gasteiger partial charge in [0.25, 0.3) is 0 Å². The van der Waals surface area contributed by atoms with Crippen molar-refractivity contribution in [3.05, 3.63) is 24.3 Å². The van der Waals surface area contributed by atoms with Gasteiger partial charge in [-0.05, 0) is 44.1 Å². The Kier molecular flexibility index (Phi) is 4.06. The van der Waals surface area contributed by atoms with Gasteiger partial charge in [0.1, 0.15) is 0 Å². The first kappa shape index (κ1) is 13.9. The fourth-order valence-corrected chi connectivity index (χ4v) is 2.80. The number of carbonyl (C=O) groups is 2. The zero-order valence-electron chi connectivity index (χ0n) is 11.9. The van der Waals surface area contributed by atoms with E-state index < -0.39 is 0 Å². The van der Waals surface area contributed by atoms with E-state index in [2.05, 4.69) is 16.0 Å². The van der Waals surface area contributed by atoms with Crippen molar-refractivity contribution in [3.63, 3.8) is 0 Å². The van der Waals surface area contributed by atoms with Gasteiger partial charge in [0.2, 0.25) is 5.91 Å². The Morgan fingerprint density at radius 2 is 2.05 bits per heavy atom. The number of hydrogen-bond acceptors (Lipinski definition) is 3. The molecule has 0 aliphatic carbocycles. The van der Waals surface area contributed by atoms with Crippen LogP contribution in [-0.4, -0.2) is 38.1 Å². The molecular weight excluding hydrogens is 268 g/mol. The third kappa shape index (κ3) is 3.16. The van der Waals surface area contributed by atoms with Gasteiger partial charge >= 0.3 is 6.03 Å². The van der Waals surface area contributed by atoms with Crippen molar-refractivity contribution in [1.29, 1.82) is 0 Å². The zero-order valence-corrected chi connectivity index (χ0v) is 11.9. The van der Waals surface area contributed by atoms with E-state index in [1.54, 1.807) is 4.90 Å². The van der Waals surface area contributed by atoms with E-state index in [4.69, 9.17) is 0 Å². The molecule has 3 rings (SSSR count). The molecule has 1 aromatic rings. The highest BCUT2D eigenvalue weighted by molar-refractivity contribution is 5.96. The van der Waals surface area contributed by atoms with E-state index in [9.17, 15) is 9.59 Å². The fourth-order valence-electron chi connectivity index (χ4n) is 2.80. The average Bonchev–Trinajstić information content (AvgIpc) is 2.94. The van der Waals surface area contributed by atoms with Crippen LogP contribution in [0.25, 0.3) is 0 Å². The molecule has 2 aliphatic heterocycles. The van der Waals surface area contributed by atoms with Crippen molar-refractivity contribution in [1.82, 2.24) is 10.6 Å². The second-order valence-electron chi connectivity index (χ2n) is 5.45. The quantitative estimate of drug-likeness (QED) is 0.781. The van der Waals surface area contributed by atoms with Crippen LogP contribution in [0.3, 0.4) is 0 Å². The smallest absolute Gasteiger partial charge is 0.321 e. The molecule has 2 fully saturated rings. The third-order valence-electron chi connectivity index (χ3n) is 3.99. The lowest BCUT2D eigenvalue weighted by molar-refractivity contribution is -0.120. The number of hydrogen-bond donors (Lipinski definition) is 3. The van der Waals surface area contributed by atoms with Gasteiger partial charge < -0.3 is 16.0 Å². The third-order valence-corrected chi connectivity index (χ3v) is 3.99. The second kappa shape index (κ2) is 6.13. The van der Waals surface area contributed by atoms with Gasteiger partial charge in [-0.1, -0.05) is 6.07 Å². The number of piperidine rings is 1. The number of benzene rings is 1. The molecular formula is C15H20N4O2. The fraction of sp³-hybridized carbons (Fsp3) is 0.467. The van der Waals surface area contributed by atoms with E-state index in [1.807, 2.05) is 24.3 Å². The molecule has 0 atom stereocenters. The number of nitrogens with zero attached hydrogens (tertiary/aromatic N) is 1. The summed E-state index contributed by atoms with van der Waals surface area (Å²) < 4.78 is 0. The Bertz CT molecular complexity index is 540. The van der Waals surface area contributed by atoms with Gasteiger partial charge in [0.05, 0.1) is 0 Å². The molecule has 2 aliphatic rings. The topological polar surface area (TPSA) is 73.5 Å². The van der Waals surface area contributed by atoms with Crippen LogP contribution in [0.2, 0.25) is 0 Å². The van der Waals surface area contributed by atoms with Crippen LogP contribution in [-0.2, 0) is 4.79 Å². The molecule has 0 bridgehead atoms. The Hall–Kier alpha value is -2.08. The van der Waals surface area contributed by atoms with E-state index in [-0.39, 0.29) is 17.9 Å². The summed E-state index contributed by atoms with van der Waals surface area (Å²) in [5.74, 6) is 0.143. The minimum Gasteiger partial charge on any atom is -0.336 e. The van der Waals surface area contributed by atoms with Gasteiger partial charge in [-0.3, -0.25) is 9.69 Å². The molecule has 2 saturated heterocycles.